The number of nitro benzene ring substituents is 1. The van der Waals surface area contributed by atoms with Crippen molar-refractivity contribution in [3.05, 3.63) is 64.5 Å². The van der Waals surface area contributed by atoms with Crippen LogP contribution in [0.3, 0.4) is 0 Å². The zero-order chi connectivity index (χ0) is 21.4. The summed E-state index contributed by atoms with van der Waals surface area (Å²) in [5, 5.41) is 15.9. The number of hydrogen-bond donors (Lipinski definition) is 0. The first-order valence-corrected chi connectivity index (χ1v) is 9.75. The van der Waals surface area contributed by atoms with Gasteiger partial charge >= 0.3 is 0 Å². The van der Waals surface area contributed by atoms with E-state index in [-0.39, 0.29) is 23.8 Å². The van der Waals surface area contributed by atoms with E-state index in [9.17, 15) is 14.9 Å². The SMILES string of the molecule is C[C@H]1CN(C(=O)c2cc(-c3cccn3C)nn2-c2cccc([N+](=O)[O-])c2)C[C@H](C)O1. The average Bonchev–Trinajstić information content (AvgIpc) is 3.33. The molecule has 1 fully saturated rings. The second-order valence-corrected chi connectivity index (χ2v) is 7.58. The Balaban J connectivity index is 1.81. The molecule has 0 radical (unpaired) electrons. The largest absolute Gasteiger partial charge is 0.372 e. The van der Waals surface area contributed by atoms with Crippen LogP contribution in [0.15, 0.2) is 48.7 Å². The molecule has 4 rings (SSSR count). The third-order valence-corrected chi connectivity index (χ3v) is 5.13. The quantitative estimate of drug-likeness (QED) is 0.488. The molecule has 0 aliphatic carbocycles. The maximum Gasteiger partial charge on any atom is 0.272 e. The number of morpholine rings is 1. The van der Waals surface area contributed by atoms with E-state index in [0.29, 0.717) is 30.2 Å². The van der Waals surface area contributed by atoms with Crippen molar-refractivity contribution in [2.75, 3.05) is 13.1 Å². The molecule has 0 spiro atoms. The summed E-state index contributed by atoms with van der Waals surface area (Å²) >= 11 is 0. The van der Waals surface area contributed by atoms with Crippen LogP contribution in [0, 0.1) is 10.1 Å². The van der Waals surface area contributed by atoms with Crippen molar-refractivity contribution in [1.82, 2.24) is 19.2 Å². The lowest BCUT2D eigenvalue weighted by Crippen LogP contribution is -2.48. The maximum absolute atomic E-state index is 13.4. The lowest BCUT2D eigenvalue weighted by atomic mass is 10.2. The molecular formula is C21H23N5O4. The van der Waals surface area contributed by atoms with Gasteiger partial charge in [-0.15, -0.1) is 0 Å². The van der Waals surface area contributed by atoms with E-state index in [1.165, 1.54) is 16.8 Å². The van der Waals surface area contributed by atoms with E-state index in [1.54, 1.807) is 23.1 Å². The summed E-state index contributed by atoms with van der Waals surface area (Å²) in [6.45, 7) is 4.82. The summed E-state index contributed by atoms with van der Waals surface area (Å²) in [6, 6.07) is 11.7. The molecule has 2 aromatic heterocycles. The van der Waals surface area contributed by atoms with E-state index in [1.807, 2.05) is 43.8 Å². The number of nitrogens with zero attached hydrogens (tertiary/aromatic N) is 5. The number of carbonyl (C=O) groups is 1. The normalized spacial score (nSPS) is 19.1. The van der Waals surface area contributed by atoms with E-state index in [2.05, 4.69) is 5.10 Å². The minimum Gasteiger partial charge on any atom is -0.372 e. The molecule has 3 heterocycles. The molecule has 9 heteroatoms. The first-order chi connectivity index (χ1) is 14.3. The highest BCUT2D eigenvalue weighted by atomic mass is 16.6. The number of ether oxygens (including phenoxy) is 1. The highest BCUT2D eigenvalue weighted by Crippen LogP contribution is 2.25. The van der Waals surface area contributed by atoms with Gasteiger partial charge in [0.05, 0.1) is 28.5 Å². The van der Waals surface area contributed by atoms with Gasteiger partial charge in [0.25, 0.3) is 11.6 Å². The molecule has 0 saturated carbocycles. The predicted octanol–water partition coefficient (Wildman–Crippen LogP) is 3.04. The van der Waals surface area contributed by atoms with Crippen LogP contribution in [0.2, 0.25) is 0 Å². The van der Waals surface area contributed by atoms with Crippen LogP contribution in [-0.4, -0.2) is 55.4 Å². The lowest BCUT2D eigenvalue weighted by molar-refractivity contribution is -0.384. The topological polar surface area (TPSA) is 95.4 Å². The number of amides is 1. The minimum atomic E-state index is -0.460. The summed E-state index contributed by atoms with van der Waals surface area (Å²) in [4.78, 5) is 26.0. The van der Waals surface area contributed by atoms with Crippen molar-refractivity contribution in [2.24, 2.45) is 7.05 Å². The van der Waals surface area contributed by atoms with Gasteiger partial charge in [-0.05, 0) is 38.1 Å². The molecule has 1 aliphatic heterocycles. The van der Waals surface area contributed by atoms with Crippen molar-refractivity contribution < 1.29 is 14.5 Å². The molecular weight excluding hydrogens is 386 g/mol. The fourth-order valence-electron chi connectivity index (χ4n) is 3.83. The molecule has 3 aromatic rings. The van der Waals surface area contributed by atoms with E-state index in [0.717, 1.165) is 5.69 Å². The van der Waals surface area contributed by atoms with Gasteiger partial charge in [0.2, 0.25) is 0 Å². The van der Waals surface area contributed by atoms with Crippen LogP contribution in [0.4, 0.5) is 5.69 Å². The van der Waals surface area contributed by atoms with Gasteiger partial charge in [0.1, 0.15) is 11.4 Å². The van der Waals surface area contributed by atoms with Crippen molar-refractivity contribution in [1.29, 1.82) is 0 Å². The van der Waals surface area contributed by atoms with Crippen LogP contribution in [-0.2, 0) is 11.8 Å². The highest BCUT2D eigenvalue weighted by Gasteiger charge is 2.30. The second-order valence-electron chi connectivity index (χ2n) is 7.58. The van der Waals surface area contributed by atoms with Crippen LogP contribution >= 0.6 is 0 Å². The molecule has 0 bridgehead atoms. The molecule has 30 heavy (non-hydrogen) atoms. The average molecular weight is 409 g/mol. The van der Waals surface area contributed by atoms with Gasteiger partial charge in [0.15, 0.2) is 0 Å². The highest BCUT2D eigenvalue weighted by molar-refractivity contribution is 5.94. The summed E-state index contributed by atoms with van der Waals surface area (Å²) in [6.07, 6.45) is 1.76. The Morgan fingerprint density at radius 2 is 1.90 bits per heavy atom. The smallest absolute Gasteiger partial charge is 0.272 e. The molecule has 1 amide bonds. The number of nitro groups is 1. The van der Waals surface area contributed by atoms with E-state index >= 15 is 0 Å². The molecule has 0 unspecified atom stereocenters. The number of benzene rings is 1. The van der Waals surface area contributed by atoms with Crippen LogP contribution in [0.25, 0.3) is 17.1 Å². The number of aryl methyl sites for hydroxylation is 1. The lowest BCUT2D eigenvalue weighted by Gasteiger charge is -2.35. The summed E-state index contributed by atoms with van der Waals surface area (Å²) in [7, 11) is 1.90. The van der Waals surface area contributed by atoms with E-state index in [4.69, 9.17) is 4.74 Å². The molecule has 1 aliphatic rings. The molecule has 1 saturated heterocycles. The van der Waals surface area contributed by atoms with Gasteiger partial charge < -0.3 is 14.2 Å². The Labute approximate surface area is 173 Å². The van der Waals surface area contributed by atoms with Crippen LogP contribution < -0.4 is 0 Å². The van der Waals surface area contributed by atoms with Gasteiger partial charge in [-0.2, -0.15) is 5.10 Å². The van der Waals surface area contributed by atoms with Crippen LogP contribution in [0.5, 0.6) is 0 Å². The standard InChI is InChI=1S/C21H23N5O4/c1-14-12-24(13-15(2)30-14)21(27)20-11-18(19-8-5-9-23(19)3)22-25(20)16-6-4-7-17(10-16)26(28)29/h4-11,14-15H,12-13H2,1-3H3/t14-,15-/m0/s1. The van der Waals surface area contributed by atoms with Gasteiger partial charge in [0, 0.05) is 38.5 Å². The molecule has 2 atom stereocenters. The Bertz CT molecular complexity index is 1090. The van der Waals surface area contributed by atoms with Gasteiger partial charge in [-0.25, -0.2) is 4.68 Å². The second kappa shape index (κ2) is 7.75. The first-order valence-electron chi connectivity index (χ1n) is 9.75. The number of aromatic nitrogens is 3. The Morgan fingerprint density at radius 1 is 1.17 bits per heavy atom. The molecule has 1 aromatic carbocycles. The van der Waals surface area contributed by atoms with Crippen LogP contribution in [0.1, 0.15) is 24.3 Å². The fraction of sp³-hybridized carbons (Fsp3) is 0.333. The third-order valence-electron chi connectivity index (χ3n) is 5.13. The fourth-order valence-corrected chi connectivity index (χ4v) is 3.83. The molecule has 9 nitrogen and oxygen atoms in total. The molecule has 156 valence electrons. The first kappa shape index (κ1) is 19.8. The third kappa shape index (κ3) is 3.71. The summed E-state index contributed by atoms with van der Waals surface area (Å²) < 4.78 is 9.14. The Morgan fingerprint density at radius 3 is 2.53 bits per heavy atom. The number of non-ortho nitro benzene ring substituents is 1. The van der Waals surface area contributed by atoms with Gasteiger partial charge in [-0.1, -0.05) is 6.07 Å². The van der Waals surface area contributed by atoms with Gasteiger partial charge in [-0.3, -0.25) is 14.9 Å². The minimum absolute atomic E-state index is 0.0598. The Kier molecular flexibility index (Phi) is 5.13. The number of hydrogen-bond acceptors (Lipinski definition) is 5. The summed E-state index contributed by atoms with van der Waals surface area (Å²) in [5.74, 6) is -0.184. The Hall–Kier alpha value is -3.46. The number of rotatable bonds is 4. The van der Waals surface area contributed by atoms with Crippen molar-refractivity contribution in [3.8, 4) is 17.1 Å². The van der Waals surface area contributed by atoms with Crippen molar-refractivity contribution in [2.45, 2.75) is 26.1 Å². The van der Waals surface area contributed by atoms with Crippen molar-refractivity contribution >= 4 is 11.6 Å². The molecule has 0 N–H and O–H groups in total. The zero-order valence-electron chi connectivity index (χ0n) is 17.1. The van der Waals surface area contributed by atoms with Crippen molar-refractivity contribution in [3.63, 3.8) is 0 Å². The zero-order valence-corrected chi connectivity index (χ0v) is 17.1. The summed E-state index contributed by atoms with van der Waals surface area (Å²) in [5.41, 5.74) is 2.22. The monoisotopic (exact) mass is 409 g/mol. The van der Waals surface area contributed by atoms with E-state index < -0.39 is 4.92 Å². The number of carbonyl (C=O) groups excluding carboxylic acids is 1. The maximum atomic E-state index is 13.4. The predicted molar refractivity (Wildman–Crippen MR) is 111 cm³/mol.